The van der Waals surface area contributed by atoms with Crippen LogP contribution in [0.1, 0.15) is 41.3 Å². The first-order chi connectivity index (χ1) is 35.4. The molecule has 0 bridgehead atoms. The van der Waals surface area contributed by atoms with E-state index in [4.69, 9.17) is 53.6 Å². The van der Waals surface area contributed by atoms with Crippen molar-refractivity contribution in [3.05, 3.63) is 139 Å². The van der Waals surface area contributed by atoms with Crippen molar-refractivity contribution < 1.29 is 60.0 Å². The van der Waals surface area contributed by atoms with E-state index in [0.717, 1.165) is 0 Å². The van der Waals surface area contributed by atoms with E-state index in [9.17, 15) is 14.7 Å². The lowest BCUT2D eigenvalue weighted by atomic mass is 9.80. The highest BCUT2D eigenvalue weighted by molar-refractivity contribution is 8.07. The van der Waals surface area contributed by atoms with E-state index in [1.807, 2.05) is 60.7 Å². The van der Waals surface area contributed by atoms with E-state index in [1.165, 1.54) is 34.4 Å². The van der Waals surface area contributed by atoms with Crippen LogP contribution < -0.4 is 9.47 Å². The third-order valence-corrected chi connectivity index (χ3v) is 15.4. The molecule has 10 rings (SSSR count). The molecule has 2 aliphatic rings. The summed E-state index contributed by atoms with van der Waals surface area (Å²) in [5.41, 5.74) is 2.86. The Bertz CT molecular complexity index is 3290. The molecule has 8 aromatic rings. The number of alkyl halides is 2. The first-order valence-electron chi connectivity index (χ1n) is 22.6. The lowest BCUT2D eigenvalue weighted by Crippen LogP contribution is -2.40. The van der Waals surface area contributed by atoms with Gasteiger partial charge in [0.2, 0.25) is 0 Å². The first-order valence-corrected chi connectivity index (χ1v) is 26.5. The zero-order chi connectivity index (χ0) is 50.9. The van der Waals surface area contributed by atoms with Crippen LogP contribution in [-0.2, 0) is 54.3 Å². The topological polar surface area (TPSA) is 236 Å². The van der Waals surface area contributed by atoms with Crippen molar-refractivity contribution in [3.63, 3.8) is 0 Å². The number of aromatic nitrogens is 9. The maximum atomic E-state index is 17.8. The second-order valence-corrected chi connectivity index (χ2v) is 20.5. The van der Waals surface area contributed by atoms with Gasteiger partial charge in [-0.3, -0.25) is 22.6 Å². The van der Waals surface area contributed by atoms with Crippen LogP contribution in [0, 0.1) is 18.3 Å². The Morgan fingerprint density at radius 1 is 0.767 bits per heavy atom. The summed E-state index contributed by atoms with van der Waals surface area (Å²) in [6.45, 7) is -3.87. The molecule has 10 atom stereocenters. The van der Waals surface area contributed by atoms with Gasteiger partial charge in [0.15, 0.2) is 47.3 Å². The average molecular weight is 1060 g/mol. The molecule has 2 fully saturated rings. The Morgan fingerprint density at radius 3 is 2.00 bits per heavy atom. The van der Waals surface area contributed by atoms with Crippen LogP contribution in [0.5, 0.6) is 11.5 Å². The van der Waals surface area contributed by atoms with E-state index in [2.05, 4.69) is 29.9 Å². The molecule has 5 aromatic heterocycles. The number of methoxy groups -OCH3 is 2. The van der Waals surface area contributed by atoms with Gasteiger partial charge in [-0.2, -0.15) is 5.26 Å². The molecule has 0 amide bonds. The van der Waals surface area contributed by atoms with E-state index in [-0.39, 0.29) is 30.9 Å². The van der Waals surface area contributed by atoms with Crippen LogP contribution >= 0.6 is 15.0 Å². The van der Waals surface area contributed by atoms with Gasteiger partial charge < -0.3 is 42.1 Å². The smallest absolute Gasteiger partial charge is 0.327 e. The lowest BCUT2D eigenvalue weighted by Gasteiger charge is -2.37. The molecule has 21 nitrogen and oxygen atoms in total. The molecule has 2 saturated heterocycles. The average Bonchev–Trinajstić information content (AvgIpc) is 4.26. The third kappa shape index (κ3) is 9.75. The van der Waals surface area contributed by atoms with Gasteiger partial charge in [-0.05, 0) is 59.7 Å². The molecule has 26 heteroatoms. The number of hydrogen-bond acceptors (Lipinski definition) is 18. The van der Waals surface area contributed by atoms with Crippen LogP contribution in [0.15, 0.2) is 117 Å². The van der Waals surface area contributed by atoms with Crippen molar-refractivity contribution in [1.29, 1.82) is 5.26 Å². The molecule has 2 unspecified atom stereocenters. The monoisotopic (exact) mass is 1060 g/mol. The van der Waals surface area contributed by atoms with Crippen LogP contribution in [0.4, 0.5) is 8.78 Å². The van der Waals surface area contributed by atoms with Gasteiger partial charge in [0.1, 0.15) is 59.7 Å². The summed E-state index contributed by atoms with van der Waals surface area (Å²) in [4.78, 5) is 36.1. The zero-order valence-electron chi connectivity index (χ0n) is 39.0. The molecular weight excluding hydrogens is 1010 g/mol. The van der Waals surface area contributed by atoms with Gasteiger partial charge in [0, 0.05) is 12.4 Å². The summed E-state index contributed by atoms with van der Waals surface area (Å²) in [5, 5.41) is 9.55. The van der Waals surface area contributed by atoms with Crippen LogP contribution in [-0.4, -0.2) is 119 Å². The summed E-state index contributed by atoms with van der Waals surface area (Å²) in [6, 6.07) is 26.1. The number of fused-ring (bicyclic) bond motifs is 4. The Balaban J connectivity index is 1.00. The van der Waals surface area contributed by atoms with Crippen molar-refractivity contribution in [3.8, 4) is 17.6 Å². The maximum Gasteiger partial charge on any atom is 0.327 e. The lowest BCUT2D eigenvalue weighted by molar-refractivity contribution is -0.0932. The highest BCUT2D eigenvalue weighted by Crippen LogP contribution is 2.55. The van der Waals surface area contributed by atoms with Gasteiger partial charge in [0.05, 0.1) is 64.9 Å². The predicted molar refractivity (Wildman–Crippen MR) is 260 cm³/mol. The molecule has 0 spiro atoms. The standard InChI is InChI=1S/C47H46F2N10O11P2S/c1-28-38-43(53-24-52-28)58(26-54-38)46-37(49)41(34(67-46)22-64-47(29-8-5-4-6-9-29,30-10-14-32(62-2)15-11-30)31-12-16-33(63-3)17-13-31)70-72(73,65-21-7-18-50)66-23-35-40(69-71(60)61)36(48)45(68-35)59-27-55-39-42-51-19-20-57(42)25-56-44(39)59/h4-6,8-17,19-20,24-27,34-37,40-41,45-46,71H,7,21-23H2,1-3H3,(H,60,61)/t34-,35-,36-,37-,40-,41-,45-,46-,72?/m1/s1. The number of imidazole rings is 3. The van der Waals surface area contributed by atoms with Crippen molar-refractivity contribution in [2.45, 2.75) is 68.2 Å². The van der Waals surface area contributed by atoms with E-state index in [0.29, 0.717) is 50.6 Å². The fourth-order valence-electron chi connectivity index (χ4n) is 9.07. The number of nitrogens with zero attached hydrogens (tertiary/aromatic N) is 10. The molecule has 73 heavy (non-hydrogen) atoms. The van der Waals surface area contributed by atoms with Crippen LogP contribution in [0.25, 0.3) is 28.0 Å². The fourth-order valence-corrected chi connectivity index (χ4v) is 11.7. The van der Waals surface area contributed by atoms with E-state index >= 15 is 8.78 Å². The first kappa shape index (κ1) is 50.3. The second-order valence-electron chi connectivity index (χ2n) is 16.7. The molecule has 3 aromatic carbocycles. The Hall–Kier alpha value is -6.19. The van der Waals surface area contributed by atoms with Gasteiger partial charge in [-0.1, -0.05) is 54.6 Å². The summed E-state index contributed by atoms with van der Waals surface area (Å²) in [5.74, 6) is 1.19. The molecule has 0 radical (unpaired) electrons. The third-order valence-electron chi connectivity index (χ3n) is 12.6. The normalized spacial score (nSPS) is 23.5. The van der Waals surface area contributed by atoms with E-state index in [1.54, 1.807) is 62.2 Å². The van der Waals surface area contributed by atoms with E-state index < -0.39 is 76.4 Å². The number of nitriles is 1. The van der Waals surface area contributed by atoms with Crippen molar-refractivity contribution in [2.75, 3.05) is 34.0 Å². The van der Waals surface area contributed by atoms with Gasteiger partial charge in [-0.15, -0.1) is 0 Å². The summed E-state index contributed by atoms with van der Waals surface area (Å²) in [6.07, 6.45) is -4.62. The van der Waals surface area contributed by atoms with Gasteiger partial charge in [0.25, 0.3) is 0 Å². The maximum absolute atomic E-state index is 17.8. The number of rotatable bonds is 20. The quantitative estimate of drug-likeness (QED) is 0.0457. The number of ether oxygens (including phenoxy) is 5. The highest BCUT2D eigenvalue weighted by atomic mass is 32.5. The van der Waals surface area contributed by atoms with Crippen molar-refractivity contribution in [1.82, 2.24) is 43.4 Å². The van der Waals surface area contributed by atoms with Crippen molar-refractivity contribution in [2.24, 2.45) is 0 Å². The minimum Gasteiger partial charge on any atom is -0.497 e. The number of hydrogen-bond donors (Lipinski definition) is 1. The van der Waals surface area contributed by atoms with Crippen LogP contribution in [0.2, 0.25) is 0 Å². The second kappa shape index (κ2) is 21.3. The molecule has 0 saturated carbocycles. The minimum absolute atomic E-state index is 0.179. The Morgan fingerprint density at radius 2 is 1.37 bits per heavy atom. The minimum atomic E-state index is -4.27. The van der Waals surface area contributed by atoms with Crippen molar-refractivity contribution >= 4 is 54.8 Å². The molecule has 2 aliphatic heterocycles. The van der Waals surface area contributed by atoms with Crippen LogP contribution in [0.3, 0.4) is 0 Å². The molecule has 0 aliphatic carbocycles. The summed E-state index contributed by atoms with van der Waals surface area (Å²) in [7, 11) is -0.651. The number of benzene rings is 3. The molecule has 7 heterocycles. The largest absolute Gasteiger partial charge is 0.497 e. The zero-order valence-corrected chi connectivity index (χ0v) is 41.7. The molecular formula is C47H46F2N10O11P2S. The van der Waals surface area contributed by atoms with Gasteiger partial charge in [-0.25, -0.2) is 38.7 Å². The predicted octanol–water partition coefficient (Wildman–Crippen LogP) is 7.05. The summed E-state index contributed by atoms with van der Waals surface area (Å²) >= 11 is 6.00. The van der Waals surface area contributed by atoms with Gasteiger partial charge >= 0.3 is 15.0 Å². The Kier molecular flexibility index (Phi) is 14.7. The Labute approximate surface area is 420 Å². The molecule has 1 N–H and O–H groups in total. The number of halogens is 2. The SMILES string of the molecule is COc1ccc(C(OC[C@H]2O[C@@H](n3cnc4c(C)ncnc43)[C@H](F)[C@@H]2OP(=S)(OCCC#N)OC[C@H]2O[C@@H](n3cnc4c3ncn3ccnc43)[C@H](F)[C@@H]2O[PH](=O)O)(c2ccccc2)c2ccc(OC)cc2)cc1. The number of aryl methyl sites for hydroxylation is 1. The fraction of sp³-hybridized carbons (Fsp3) is 0.340. The highest BCUT2D eigenvalue weighted by Gasteiger charge is 2.53. The molecule has 380 valence electrons. The summed E-state index contributed by atoms with van der Waals surface area (Å²) < 4.78 is 106.